The van der Waals surface area contributed by atoms with Gasteiger partial charge in [0.15, 0.2) is 11.6 Å². The van der Waals surface area contributed by atoms with Gasteiger partial charge in [-0.3, -0.25) is 4.72 Å². The van der Waals surface area contributed by atoms with Gasteiger partial charge in [-0.1, -0.05) is 25.5 Å². The van der Waals surface area contributed by atoms with Crippen LogP contribution in [0.3, 0.4) is 0 Å². The SMILES string of the molecule is CCCCNc1nc2ccccc2nc1NS(=O)(=O)c1ccc(F)cc1C. The van der Waals surface area contributed by atoms with Crippen molar-refractivity contribution in [2.75, 3.05) is 16.6 Å². The van der Waals surface area contributed by atoms with Crippen LogP contribution in [0, 0.1) is 12.7 Å². The van der Waals surface area contributed by atoms with E-state index < -0.39 is 15.8 Å². The molecule has 0 saturated carbocycles. The topological polar surface area (TPSA) is 84.0 Å². The highest BCUT2D eigenvalue weighted by molar-refractivity contribution is 7.92. The summed E-state index contributed by atoms with van der Waals surface area (Å²) in [6.45, 7) is 4.26. The minimum atomic E-state index is -3.94. The summed E-state index contributed by atoms with van der Waals surface area (Å²) < 4.78 is 41.5. The van der Waals surface area contributed by atoms with Crippen molar-refractivity contribution in [2.24, 2.45) is 0 Å². The monoisotopic (exact) mass is 388 g/mol. The molecule has 8 heteroatoms. The van der Waals surface area contributed by atoms with Crippen LogP contribution in [0.25, 0.3) is 11.0 Å². The maximum atomic E-state index is 13.3. The first-order valence-electron chi connectivity index (χ1n) is 8.70. The number of nitrogens with zero attached hydrogens (tertiary/aromatic N) is 2. The van der Waals surface area contributed by atoms with Crippen molar-refractivity contribution in [3.05, 3.63) is 53.8 Å². The zero-order chi connectivity index (χ0) is 19.4. The van der Waals surface area contributed by atoms with Crippen LogP contribution in [-0.2, 0) is 10.0 Å². The Bertz CT molecular complexity index is 1070. The Labute approximate surface area is 157 Å². The molecule has 0 atom stereocenters. The van der Waals surface area contributed by atoms with E-state index >= 15 is 0 Å². The molecule has 0 amide bonds. The molecule has 0 aliphatic heterocycles. The predicted octanol–water partition coefficient (Wildman–Crippen LogP) is 4.09. The summed E-state index contributed by atoms with van der Waals surface area (Å²) in [4.78, 5) is 8.92. The fraction of sp³-hybridized carbons (Fsp3) is 0.263. The number of aryl methyl sites for hydroxylation is 1. The standard InChI is InChI=1S/C19H21FN4O2S/c1-3-4-11-21-18-19(23-16-8-6-5-7-15(16)22-18)24-27(25,26)17-10-9-14(20)12-13(17)2/h5-10,12H,3-4,11H2,1-2H3,(H,21,22)(H,23,24). The summed E-state index contributed by atoms with van der Waals surface area (Å²) in [5.74, 6) is -0.00196. The van der Waals surface area contributed by atoms with Crippen LogP contribution in [0.5, 0.6) is 0 Å². The summed E-state index contributed by atoms with van der Waals surface area (Å²) >= 11 is 0. The van der Waals surface area contributed by atoms with Crippen LogP contribution in [-0.4, -0.2) is 24.9 Å². The number of aromatic nitrogens is 2. The van der Waals surface area contributed by atoms with E-state index in [1.165, 1.54) is 12.1 Å². The third-order valence-corrected chi connectivity index (χ3v) is 5.55. The molecule has 0 fully saturated rings. The lowest BCUT2D eigenvalue weighted by molar-refractivity contribution is 0.598. The molecule has 27 heavy (non-hydrogen) atoms. The molecule has 0 aliphatic carbocycles. The molecule has 0 aliphatic rings. The molecule has 0 saturated heterocycles. The number of hydrogen-bond acceptors (Lipinski definition) is 5. The van der Waals surface area contributed by atoms with E-state index in [1.807, 2.05) is 18.2 Å². The first kappa shape index (κ1) is 19.0. The number of fused-ring (bicyclic) bond motifs is 1. The second kappa shape index (κ2) is 7.87. The third kappa shape index (κ3) is 4.33. The fourth-order valence-corrected chi connectivity index (χ4v) is 3.91. The van der Waals surface area contributed by atoms with Crippen LogP contribution in [0.1, 0.15) is 25.3 Å². The Balaban J connectivity index is 2.02. The lowest BCUT2D eigenvalue weighted by atomic mass is 10.2. The number of rotatable bonds is 7. The van der Waals surface area contributed by atoms with Crippen LogP contribution in [0.2, 0.25) is 0 Å². The van der Waals surface area contributed by atoms with E-state index in [-0.39, 0.29) is 10.7 Å². The number of para-hydroxylation sites is 2. The van der Waals surface area contributed by atoms with Gasteiger partial charge < -0.3 is 5.32 Å². The molecule has 142 valence electrons. The summed E-state index contributed by atoms with van der Waals surface area (Å²) in [6, 6.07) is 10.8. The van der Waals surface area contributed by atoms with E-state index in [1.54, 1.807) is 13.0 Å². The molecular weight excluding hydrogens is 367 g/mol. The lowest BCUT2D eigenvalue weighted by Gasteiger charge is -2.14. The smallest absolute Gasteiger partial charge is 0.263 e. The zero-order valence-corrected chi connectivity index (χ0v) is 16.0. The number of nitrogens with one attached hydrogen (secondary N) is 2. The van der Waals surface area contributed by atoms with Crippen molar-refractivity contribution < 1.29 is 12.8 Å². The first-order valence-corrected chi connectivity index (χ1v) is 10.2. The molecule has 0 unspecified atom stereocenters. The average molecular weight is 388 g/mol. The number of halogens is 1. The second-order valence-corrected chi connectivity index (χ2v) is 7.86. The van der Waals surface area contributed by atoms with E-state index in [2.05, 4.69) is 26.9 Å². The van der Waals surface area contributed by atoms with Crippen molar-refractivity contribution in [2.45, 2.75) is 31.6 Å². The number of benzene rings is 2. The van der Waals surface area contributed by atoms with Gasteiger partial charge in [0.2, 0.25) is 0 Å². The minimum Gasteiger partial charge on any atom is -0.367 e. The molecule has 3 rings (SSSR count). The summed E-state index contributed by atoms with van der Waals surface area (Å²) in [6.07, 6.45) is 1.90. The zero-order valence-electron chi connectivity index (χ0n) is 15.2. The van der Waals surface area contributed by atoms with Crippen molar-refractivity contribution in [1.29, 1.82) is 0 Å². The Morgan fingerprint density at radius 2 is 1.70 bits per heavy atom. The van der Waals surface area contributed by atoms with Gasteiger partial charge >= 0.3 is 0 Å². The molecular formula is C19H21FN4O2S. The number of anilines is 2. The van der Waals surface area contributed by atoms with Crippen molar-refractivity contribution in [1.82, 2.24) is 9.97 Å². The molecule has 2 N–H and O–H groups in total. The summed E-state index contributed by atoms with van der Waals surface area (Å²) in [7, 11) is -3.94. The molecule has 6 nitrogen and oxygen atoms in total. The third-order valence-electron chi connectivity index (χ3n) is 4.05. The van der Waals surface area contributed by atoms with Gasteiger partial charge in [0.1, 0.15) is 5.82 Å². The Hall–Kier alpha value is -2.74. The Morgan fingerprint density at radius 1 is 1.04 bits per heavy atom. The summed E-state index contributed by atoms with van der Waals surface area (Å²) in [5, 5.41) is 3.14. The molecule has 0 spiro atoms. The normalized spacial score (nSPS) is 11.5. The quantitative estimate of drug-likeness (QED) is 0.596. The van der Waals surface area contributed by atoms with Crippen LogP contribution < -0.4 is 10.0 Å². The maximum absolute atomic E-state index is 13.3. The Morgan fingerprint density at radius 3 is 2.33 bits per heavy atom. The molecule has 2 aromatic carbocycles. The highest BCUT2D eigenvalue weighted by Gasteiger charge is 2.21. The molecule has 3 aromatic rings. The predicted molar refractivity (Wildman–Crippen MR) is 105 cm³/mol. The van der Waals surface area contributed by atoms with Gasteiger partial charge in [0.25, 0.3) is 10.0 Å². The molecule has 1 aromatic heterocycles. The van der Waals surface area contributed by atoms with Crippen molar-refractivity contribution >= 4 is 32.7 Å². The van der Waals surface area contributed by atoms with Crippen molar-refractivity contribution in [3.63, 3.8) is 0 Å². The van der Waals surface area contributed by atoms with Crippen LogP contribution >= 0.6 is 0 Å². The van der Waals surface area contributed by atoms with Crippen molar-refractivity contribution in [3.8, 4) is 0 Å². The number of unbranched alkanes of at least 4 members (excludes halogenated alkanes) is 1. The van der Waals surface area contributed by atoms with Crippen LogP contribution in [0.4, 0.5) is 16.0 Å². The molecule has 0 radical (unpaired) electrons. The molecule has 0 bridgehead atoms. The van der Waals surface area contributed by atoms with E-state index in [0.29, 0.717) is 29.0 Å². The highest BCUT2D eigenvalue weighted by atomic mass is 32.2. The maximum Gasteiger partial charge on any atom is 0.263 e. The van der Waals surface area contributed by atoms with Gasteiger partial charge in [-0.25, -0.2) is 22.8 Å². The Kier molecular flexibility index (Phi) is 5.55. The minimum absolute atomic E-state index is 0.00151. The highest BCUT2D eigenvalue weighted by Crippen LogP contribution is 2.25. The van der Waals surface area contributed by atoms with Gasteiger partial charge in [-0.2, -0.15) is 0 Å². The van der Waals surface area contributed by atoms with Gasteiger partial charge in [-0.15, -0.1) is 0 Å². The van der Waals surface area contributed by atoms with Crippen LogP contribution in [0.15, 0.2) is 47.4 Å². The fourth-order valence-electron chi connectivity index (χ4n) is 2.67. The lowest BCUT2D eigenvalue weighted by Crippen LogP contribution is -2.18. The number of sulfonamides is 1. The molecule has 1 heterocycles. The van der Waals surface area contributed by atoms with E-state index in [4.69, 9.17) is 0 Å². The summed E-state index contributed by atoms with van der Waals surface area (Å²) in [5.41, 5.74) is 1.56. The number of hydrogen-bond donors (Lipinski definition) is 2. The first-order chi connectivity index (χ1) is 12.9. The average Bonchev–Trinajstić information content (AvgIpc) is 2.61. The van der Waals surface area contributed by atoms with Gasteiger partial charge in [-0.05, 0) is 49.2 Å². The van der Waals surface area contributed by atoms with Gasteiger partial charge in [0.05, 0.1) is 15.9 Å². The van der Waals surface area contributed by atoms with Gasteiger partial charge in [0, 0.05) is 6.54 Å². The van der Waals surface area contributed by atoms with E-state index in [0.717, 1.165) is 18.9 Å². The van der Waals surface area contributed by atoms with E-state index in [9.17, 15) is 12.8 Å². The second-order valence-electron chi connectivity index (χ2n) is 6.21. The largest absolute Gasteiger partial charge is 0.367 e.